The number of halogens is 1. The highest BCUT2D eigenvalue weighted by molar-refractivity contribution is 7.92. The molecule has 0 unspecified atom stereocenters. The number of nitrogens with two attached hydrogens (primary N) is 1. The van der Waals surface area contributed by atoms with Gasteiger partial charge in [0.25, 0.3) is 0 Å². The van der Waals surface area contributed by atoms with Gasteiger partial charge in [0.05, 0.1) is 43.2 Å². The number of amides is 1. The number of hydrogen-bond acceptors (Lipinski definition) is 11. The molecular weight excluding hydrogens is 630 g/mol. The largest absolute Gasteiger partial charge is 0.494 e. The molecule has 13 nitrogen and oxygen atoms in total. The molecule has 4 N–H and O–H groups in total. The number of carbonyl (C=O) groups excluding carboxylic acids is 1. The number of para-hydroxylation sites is 2. The number of anilines is 6. The number of rotatable bonds is 11. The van der Waals surface area contributed by atoms with E-state index in [0.29, 0.717) is 40.5 Å². The van der Waals surface area contributed by atoms with Gasteiger partial charge in [-0.2, -0.15) is 4.98 Å². The topological polar surface area (TPSA) is 149 Å². The number of benzene rings is 2. The predicted molar refractivity (Wildman–Crippen MR) is 183 cm³/mol. The van der Waals surface area contributed by atoms with Crippen LogP contribution >= 0.6 is 11.6 Å². The van der Waals surface area contributed by atoms with Crippen molar-refractivity contribution in [2.45, 2.75) is 12.8 Å². The average molecular weight is 672 g/mol. The molecule has 0 atom stereocenters. The van der Waals surface area contributed by atoms with E-state index in [2.05, 4.69) is 36.5 Å². The Balaban J connectivity index is 1.21. The zero-order chi connectivity index (χ0) is 32.8. The Morgan fingerprint density at radius 2 is 1.78 bits per heavy atom. The summed E-state index contributed by atoms with van der Waals surface area (Å²) in [5.41, 5.74) is 8.26. The zero-order valence-corrected chi connectivity index (χ0v) is 28.0. The lowest BCUT2D eigenvalue weighted by atomic mass is 9.96. The number of piperidine rings is 1. The predicted octanol–water partition coefficient (Wildman–Crippen LogP) is 3.34. The van der Waals surface area contributed by atoms with Crippen LogP contribution in [0.1, 0.15) is 12.8 Å². The van der Waals surface area contributed by atoms with Crippen LogP contribution in [0.5, 0.6) is 5.75 Å². The molecule has 2 aliphatic rings. The SMILES string of the molecule is COc1cc(N2CCN(CC3CCN(C(=O)CN)CC3)CC2)ccc1Nc1ncc(Cl)c(Nc2ccccc2N(C)S(C)(=O)=O)n1. The van der Waals surface area contributed by atoms with Crippen LogP contribution in [0.3, 0.4) is 0 Å². The van der Waals surface area contributed by atoms with Crippen molar-refractivity contribution in [3.05, 3.63) is 53.7 Å². The van der Waals surface area contributed by atoms with Gasteiger partial charge >= 0.3 is 0 Å². The molecule has 1 aromatic heterocycles. The molecule has 15 heteroatoms. The van der Waals surface area contributed by atoms with Gasteiger partial charge in [0.2, 0.25) is 21.9 Å². The lowest BCUT2D eigenvalue weighted by molar-refractivity contribution is -0.131. The molecular formula is C31H42ClN9O4S. The minimum absolute atomic E-state index is 0.0459. The molecule has 3 aromatic rings. The quantitative estimate of drug-likeness (QED) is 0.276. The number of ether oxygens (including phenoxy) is 1. The van der Waals surface area contributed by atoms with Gasteiger partial charge in [0.1, 0.15) is 10.8 Å². The number of hydrogen-bond donors (Lipinski definition) is 3. The highest BCUT2D eigenvalue weighted by atomic mass is 35.5. The van der Waals surface area contributed by atoms with Crippen LogP contribution in [0.25, 0.3) is 0 Å². The molecule has 2 fully saturated rings. The second-order valence-electron chi connectivity index (χ2n) is 11.6. The van der Waals surface area contributed by atoms with Gasteiger partial charge in [-0.05, 0) is 43.0 Å². The smallest absolute Gasteiger partial charge is 0.236 e. The molecule has 2 aliphatic heterocycles. The molecule has 0 saturated carbocycles. The fourth-order valence-electron chi connectivity index (χ4n) is 5.82. The zero-order valence-electron chi connectivity index (χ0n) is 26.4. The molecule has 3 heterocycles. The van der Waals surface area contributed by atoms with Gasteiger partial charge in [-0.25, -0.2) is 13.4 Å². The molecule has 0 spiro atoms. The van der Waals surface area contributed by atoms with Gasteiger partial charge in [0.15, 0.2) is 5.82 Å². The van der Waals surface area contributed by atoms with E-state index in [9.17, 15) is 13.2 Å². The third-order valence-corrected chi connectivity index (χ3v) is 10.0. The average Bonchev–Trinajstić information content (AvgIpc) is 3.06. The number of aromatic nitrogens is 2. The molecule has 46 heavy (non-hydrogen) atoms. The number of sulfonamides is 1. The van der Waals surface area contributed by atoms with E-state index in [0.717, 1.165) is 70.6 Å². The van der Waals surface area contributed by atoms with E-state index in [1.807, 2.05) is 17.0 Å². The van der Waals surface area contributed by atoms with Crippen LogP contribution in [-0.4, -0.2) is 107 Å². The summed E-state index contributed by atoms with van der Waals surface area (Å²) < 4.78 is 31.3. The highest BCUT2D eigenvalue weighted by Gasteiger charge is 2.26. The number of carbonyl (C=O) groups is 1. The molecule has 0 bridgehead atoms. The van der Waals surface area contributed by atoms with Gasteiger partial charge in [-0.1, -0.05) is 23.7 Å². The van der Waals surface area contributed by atoms with Gasteiger partial charge in [-0.15, -0.1) is 0 Å². The monoisotopic (exact) mass is 671 g/mol. The Morgan fingerprint density at radius 3 is 2.46 bits per heavy atom. The lowest BCUT2D eigenvalue weighted by Gasteiger charge is -2.39. The highest BCUT2D eigenvalue weighted by Crippen LogP contribution is 2.34. The first kappa shape index (κ1) is 33.5. The van der Waals surface area contributed by atoms with Crippen molar-refractivity contribution in [1.29, 1.82) is 0 Å². The Hall–Kier alpha value is -3.85. The van der Waals surface area contributed by atoms with Crippen molar-refractivity contribution in [1.82, 2.24) is 19.8 Å². The van der Waals surface area contributed by atoms with Crippen molar-refractivity contribution in [2.75, 3.05) is 92.6 Å². The Labute approximate surface area is 275 Å². The fraction of sp³-hybridized carbons (Fsp3) is 0.452. The van der Waals surface area contributed by atoms with E-state index < -0.39 is 10.0 Å². The normalized spacial score (nSPS) is 16.3. The lowest BCUT2D eigenvalue weighted by Crippen LogP contribution is -2.49. The maximum Gasteiger partial charge on any atom is 0.236 e. The van der Waals surface area contributed by atoms with E-state index in [4.69, 9.17) is 22.1 Å². The summed E-state index contributed by atoms with van der Waals surface area (Å²) in [7, 11) is -0.371. The van der Waals surface area contributed by atoms with E-state index in [-0.39, 0.29) is 17.5 Å². The Kier molecular flexibility index (Phi) is 10.7. The number of piperazine rings is 1. The number of nitrogens with one attached hydrogen (secondary N) is 2. The van der Waals surface area contributed by atoms with E-state index in [1.165, 1.54) is 17.5 Å². The third-order valence-electron chi connectivity index (χ3n) is 8.57. The van der Waals surface area contributed by atoms with Crippen molar-refractivity contribution < 1.29 is 17.9 Å². The molecule has 1 amide bonds. The fourth-order valence-corrected chi connectivity index (χ4v) is 6.48. The van der Waals surface area contributed by atoms with Gasteiger partial charge in [-0.3, -0.25) is 14.0 Å². The number of methoxy groups -OCH3 is 1. The van der Waals surface area contributed by atoms with E-state index in [1.54, 1.807) is 31.4 Å². The maximum absolute atomic E-state index is 12.2. The molecule has 248 valence electrons. The standard InChI is InChI=1S/C31H42ClN9O4S/c1-38(46(3,43)44)27-7-5-4-6-25(27)35-30-24(32)20-34-31(37-30)36-26-9-8-23(18-28(26)45-2)40-16-14-39(15-17-40)21-22-10-12-41(13-11-22)29(42)19-33/h4-9,18,20,22H,10-17,19,21,33H2,1-3H3,(H2,34,35,36,37). The summed E-state index contributed by atoms with van der Waals surface area (Å²) in [4.78, 5) is 27.5. The molecule has 2 aromatic carbocycles. The van der Waals surface area contributed by atoms with E-state index >= 15 is 0 Å². The first-order chi connectivity index (χ1) is 22.0. The molecule has 0 radical (unpaired) electrons. The molecule has 5 rings (SSSR count). The third kappa shape index (κ3) is 8.10. The van der Waals surface area contributed by atoms with Crippen molar-refractivity contribution in [2.24, 2.45) is 11.7 Å². The summed E-state index contributed by atoms with van der Waals surface area (Å²) in [6, 6.07) is 13.0. The van der Waals surface area contributed by atoms with Crippen LogP contribution in [0.2, 0.25) is 5.02 Å². The summed E-state index contributed by atoms with van der Waals surface area (Å²) >= 11 is 6.42. The van der Waals surface area contributed by atoms with Gasteiger partial charge < -0.3 is 30.9 Å². The summed E-state index contributed by atoms with van der Waals surface area (Å²) in [6.45, 7) is 6.52. The first-order valence-corrected chi connectivity index (χ1v) is 17.5. The van der Waals surface area contributed by atoms with Crippen LogP contribution < -0.4 is 30.3 Å². The Morgan fingerprint density at radius 1 is 1.07 bits per heavy atom. The summed E-state index contributed by atoms with van der Waals surface area (Å²) in [6.07, 6.45) is 4.68. The van der Waals surface area contributed by atoms with Crippen molar-refractivity contribution in [3.8, 4) is 5.75 Å². The summed E-state index contributed by atoms with van der Waals surface area (Å²) in [5.74, 6) is 1.90. The maximum atomic E-state index is 12.2. The minimum Gasteiger partial charge on any atom is -0.494 e. The summed E-state index contributed by atoms with van der Waals surface area (Å²) in [5, 5.41) is 6.65. The number of likely N-dealkylation sites (tertiary alicyclic amines) is 1. The number of nitrogens with zero attached hydrogens (tertiary/aromatic N) is 6. The Bertz CT molecular complexity index is 1630. The second kappa shape index (κ2) is 14.7. The second-order valence-corrected chi connectivity index (χ2v) is 14.0. The minimum atomic E-state index is -3.48. The molecule has 2 saturated heterocycles. The van der Waals surface area contributed by atoms with Crippen LogP contribution in [-0.2, 0) is 14.8 Å². The van der Waals surface area contributed by atoms with Crippen molar-refractivity contribution in [3.63, 3.8) is 0 Å². The first-order valence-electron chi connectivity index (χ1n) is 15.3. The van der Waals surface area contributed by atoms with Crippen LogP contribution in [0.4, 0.5) is 34.5 Å². The van der Waals surface area contributed by atoms with Crippen molar-refractivity contribution >= 4 is 62.0 Å². The van der Waals surface area contributed by atoms with Crippen LogP contribution in [0, 0.1) is 5.92 Å². The van der Waals surface area contributed by atoms with Crippen LogP contribution in [0.15, 0.2) is 48.7 Å². The molecule has 0 aliphatic carbocycles. The van der Waals surface area contributed by atoms with Gasteiger partial charge in [0, 0.05) is 64.6 Å².